The third-order valence-corrected chi connectivity index (χ3v) is 7.26. The molecule has 0 aliphatic carbocycles. The zero-order chi connectivity index (χ0) is 16.7. The summed E-state index contributed by atoms with van der Waals surface area (Å²) in [6.07, 6.45) is 7.04. The van der Waals surface area contributed by atoms with Crippen molar-refractivity contribution in [3.8, 4) is 0 Å². The first-order valence-corrected chi connectivity index (χ1v) is 9.92. The Morgan fingerprint density at radius 1 is 1.04 bits per heavy atom. The summed E-state index contributed by atoms with van der Waals surface area (Å²) in [5.74, 6) is 0.741. The Labute approximate surface area is 142 Å². The lowest BCUT2D eigenvalue weighted by molar-refractivity contribution is 0.292. The van der Waals surface area contributed by atoms with Crippen LogP contribution in [0.2, 0.25) is 0 Å². The van der Waals surface area contributed by atoms with Gasteiger partial charge in [0.15, 0.2) is 0 Å². The molecule has 2 aromatic rings. The highest BCUT2D eigenvalue weighted by Gasteiger charge is 2.44. The molecule has 6 nitrogen and oxygen atoms in total. The van der Waals surface area contributed by atoms with E-state index >= 15 is 0 Å². The highest BCUT2D eigenvalue weighted by atomic mass is 32.2. The number of aromatic nitrogens is 1. The van der Waals surface area contributed by atoms with Crippen molar-refractivity contribution in [2.45, 2.75) is 37.8 Å². The second kappa shape index (κ2) is 6.06. The van der Waals surface area contributed by atoms with Crippen LogP contribution in [-0.2, 0) is 17.3 Å². The summed E-state index contributed by atoms with van der Waals surface area (Å²) < 4.78 is 37.5. The van der Waals surface area contributed by atoms with Gasteiger partial charge in [0.25, 0.3) is 10.2 Å². The summed E-state index contributed by atoms with van der Waals surface area (Å²) in [4.78, 5) is 0. The maximum atomic E-state index is 13.4. The van der Waals surface area contributed by atoms with Gasteiger partial charge in [0.2, 0.25) is 0 Å². The third kappa shape index (κ3) is 2.51. The summed E-state index contributed by atoms with van der Waals surface area (Å²) >= 11 is 0. The first-order valence-electron chi connectivity index (χ1n) is 8.52. The molecular weight excluding hydrogens is 326 g/mol. The van der Waals surface area contributed by atoms with Crippen LogP contribution >= 0.6 is 0 Å². The van der Waals surface area contributed by atoms with Gasteiger partial charge in [0.1, 0.15) is 5.76 Å². The molecule has 2 fully saturated rings. The van der Waals surface area contributed by atoms with Crippen LogP contribution < -0.4 is 0 Å². The molecule has 130 valence electrons. The molecule has 4 heterocycles. The van der Waals surface area contributed by atoms with Gasteiger partial charge in [-0.3, -0.25) is 0 Å². The van der Waals surface area contributed by atoms with E-state index in [0.717, 1.165) is 37.1 Å². The SMILES string of the molecule is Cn1cccc1[C@H]1CCCN1S(=O)(=O)N1CCC[C@@H]1c1ccco1. The molecule has 0 spiro atoms. The van der Waals surface area contributed by atoms with Crippen LogP contribution in [0, 0.1) is 0 Å². The zero-order valence-corrected chi connectivity index (χ0v) is 14.7. The Balaban J connectivity index is 1.65. The van der Waals surface area contributed by atoms with E-state index in [9.17, 15) is 8.42 Å². The molecule has 0 N–H and O–H groups in total. The molecule has 2 saturated heterocycles. The molecule has 2 aromatic heterocycles. The minimum absolute atomic E-state index is 0.0761. The van der Waals surface area contributed by atoms with Gasteiger partial charge in [-0.15, -0.1) is 0 Å². The number of rotatable bonds is 4. The Morgan fingerprint density at radius 2 is 1.75 bits per heavy atom. The molecular formula is C17H23N3O3S. The van der Waals surface area contributed by atoms with E-state index in [1.54, 1.807) is 14.9 Å². The number of aryl methyl sites for hydroxylation is 1. The summed E-state index contributed by atoms with van der Waals surface area (Å²) in [6.45, 7) is 1.14. The molecule has 4 rings (SSSR count). The second-order valence-electron chi connectivity index (χ2n) is 6.60. The molecule has 24 heavy (non-hydrogen) atoms. The van der Waals surface area contributed by atoms with E-state index in [4.69, 9.17) is 4.42 Å². The van der Waals surface area contributed by atoms with Crippen molar-refractivity contribution in [2.75, 3.05) is 13.1 Å². The van der Waals surface area contributed by atoms with E-state index < -0.39 is 10.2 Å². The molecule has 2 atom stereocenters. The Morgan fingerprint density at radius 3 is 2.38 bits per heavy atom. The van der Waals surface area contributed by atoms with Gasteiger partial charge >= 0.3 is 0 Å². The highest BCUT2D eigenvalue weighted by molar-refractivity contribution is 7.86. The van der Waals surface area contributed by atoms with Crippen LogP contribution in [0.15, 0.2) is 41.1 Å². The summed E-state index contributed by atoms with van der Waals surface area (Å²) in [5, 5.41) is 0. The minimum Gasteiger partial charge on any atom is -0.468 e. The smallest absolute Gasteiger partial charge is 0.283 e. The largest absolute Gasteiger partial charge is 0.468 e. The van der Waals surface area contributed by atoms with Crippen molar-refractivity contribution < 1.29 is 12.8 Å². The fourth-order valence-corrected chi connectivity index (χ4v) is 6.10. The van der Waals surface area contributed by atoms with Gasteiger partial charge in [-0.1, -0.05) is 0 Å². The van der Waals surface area contributed by atoms with Crippen LogP contribution in [-0.4, -0.2) is 34.7 Å². The van der Waals surface area contributed by atoms with Gasteiger partial charge in [0.05, 0.1) is 18.3 Å². The van der Waals surface area contributed by atoms with E-state index in [1.165, 1.54) is 0 Å². The fourth-order valence-electron chi connectivity index (χ4n) is 4.05. The van der Waals surface area contributed by atoms with Crippen LogP contribution in [0.3, 0.4) is 0 Å². The standard InChI is InChI=1S/C17H23N3O3S/c1-18-10-2-6-14(18)15-7-3-11-19(15)24(21,22)20-12-4-8-16(20)17-9-5-13-23-17/h2,5-6,9-10,13,15-16H,3-4,7-8,11-12H2,1H3/t15-,16-/m1/s1. The summed E-state index contributed by atoms with van der Waals surface area (Å²) in [5.41, 5.74) is 1.06. The van der Waals surface area contributed by atoms with E-state index in [2.05, 4.69) is 0 Å². The van der Waals surface area contributed by atoms with Crippen molar-refractivity contribution in [3.05, 3.63) is 48.2 Å². The van der Waals surface area contributed by atoms with Gasteiger partial charge in [0, 0.05) is 32.0 Å². The molecule has 7 heteroatoms. The monoisotopic (exact) mass is 349 g/mol. The van der Waals surface area contributed by atoms with Crippen LogP contribution in [0.5, 0.6) is 0 Å². The maximum absolute atomic E-state index is 13.4. The van der Waals surface area contributed by atoms with Gasteiger partial charge in [-0.05, 0) is 49.9 Å². The van der Waals surface area contributed by atoms with Crippen LogP contribution in [0.25, 0.3) is 0 Å². The van der Waals surface area contributed by atoms with Crippen LogP contribution in [0.1, 0.15) is 49.2 Å². The summed E-state index contributed by atoms with van der Waals surface area (Å²) in [6, 6.07) is 7.43. The molecule has 2 aliphatic heterocycles. The summed E-state index contributed by atoms with van der Waals surface area (Å²) in [7, 11) is -1.54. The quantitative estimate of drug-likeness (QED) is 0.853. The van der Waals surface area contributed by atoms with E-state index in [1.807, 2.05) is 42.1 Å². The minimum atomic E-state index is -3.51. The number of nitrogens with zero attached hydrogens (tertiary/aromatic N) is 3. The van der Waals surface area contributed by atoms with Crippen molar-refractivity contribution >= 4 is 10.2 Å². The Bertz CT molecular complexity index is 797. The average Bonchev–Trinajstić information content (AvgIpc) is 3.32. The first-order chi connectivity index (χ1) is 11.6. The lowest BCUT2D eigenvalue weighted by Crippen LogP contribution is -2.43. The normalized spacial score (nSPS) is 26.4. The molecule has 0 unspecified atom stereocenters. The second-order valence-corrected chi connectivity index (χ2v) is 8.44. The zero-order valence-electron chi connectivity index (χ0n) is 13.8. The molecule has 0 bridgehead atoms. The molecule has 0 radical (unpaired) electrons. The topological polar surface area (TPSA) is 58.7 Å². The molecule has 2 aliphatic rings. The average molecular weight is 349 g/mol. The van der Waals surface area contributed by atoms with Crippen molar-refractivity contribution in [1.82, 2.24) is 13.2 Å². The first kappa shape index (κ1) is 15.9. The number of hydrogen-bond acceptors (Lipinski definition) is 3. The molecule has 0 amide bonds. The van der Waals surface area contributed by atoms with E-state index in [-0.39, 0.29) is 12.1 Å². The predicted molar refractivity (Wildman–Crippen MR) is 90.4 cm³/mol. The Hall–Kier alpha value is -1.57. The maximum Gasteiger partial charge on any atom is 0.283 e. The third-order valence-electron chi connectivity index (χ3n) is 5.20. The van der Waals surface area contributed by atoms with Crippen molar-refractivity contribution in [1.29, 1.82) is 0 Å². The number of furan rings is 1. The predicted octanol–water partition coefficient (Wildman–Crippen LogP) is 2.84. The van der Waals surface area contributed by atoms with Gasteiger partial charge < -0.3 is 8.98 Å². The van der Waals surface area contributed by atoms with Crippen LogP contribution in [0.4, 0.5) is 0 Å². The highest BCUT2D eigenvalue weighted by Crippen LogP contribution is 2.40. The van der Waals surface area contributed by atoms with Gasteiger partial charge in [-0.25, -0.2) is 0 Å². The van der Waals surface area contributed by atoms with Crippen molar-refractivity contribution in [3.63, 3.8) is 0 Å². The molecule has 0 aromatic carbocycles. The van der Waals surface area contributed by atoms with E-state index in [0.29, 0.717) is 13.1 Å². The number of hydrogen-bond donors (Lipinski definition) is 0. The van der Waals surface area contributed by atoms with Crippen molar-refractivity contribution in [2.24, 2.45) is 7.05 Å². The Kier molecular flexibility index (Phi) is 4.02. The lowest BCUT2D eigenvalue weighted by Gasteiger charge is -2.31. The fraction of sp³-hybridized carbons (Fsp3) is 0.529. The van der Waals surface area contributed by atoms with Gasteiger partial charge in [-0.2, -0.15) is 17.0 Å². The molecule has 0 saturated carbocycles. The lowest BCUT2D eigenvalue weighted by atomic mass is 10.1.